The number of nitrogens with two attached hydrogens (primary N) is 1. The van der Waals surface area contributed by atoms with Crippen molar-refractivity contribution in [2.75, 3.05) is 11.1 Å². The molecule has 7 heteroatoms. The molecule has 7 nitrogen and oxygen atoms in total. The van der Waals surface area contributed by atoms with Crippen LogP contribution < -0.4 is 16.4 Å². The maximum Gasteiger partial charge on any atom is 0.220 e. The van der Waals surface area contributed by atoms with Gasteiger partial charge in [-0.25, -0.2) is 15.0 Å². The molecule has 3 heterocycles. The van der Waals surface area contributed by atoms with E-state index in [1.165, 1.54) is 19.2 Å². The Bertz CT molecular complexity index is 729. The summed E-state index contributed by atoms with van der Waals surface area (Å²) in [4.78, 5) is 24.4. The SMILES string of the molecule is Nc1ccc2c(NC3CCC(=O)NC3C3CC3)ncnc2n1. The number of aromatic nitrogens is 3. The quantitative estimate of drug-likeness (QED) is 0.783. The number of piperidine rings is 1. The first-order valence-corrected chi connectivity index (χ1v) is 7.64. The van der Waals surface area contributed by atoms with E-state index in [1.807, 2.05) is 6.07 Å². The lowest BCUT2D eigenvalue weighted by molar-refractivity contribution is -0.123. The van der Waals surface area contributed by atoms with Crippen LogP contribution in [-0.2, 0) is 4.79 Å². The van der Waals surface area contributed by atoms with Crippen LogP contribution in [0.4, 0.5) is 11.6 Å². The third-order valence-corrected chi connectivity index (χ3v) is 4.41. The average molecular weight is 298 g/mol. The largest absolute Gasteiger partial charge is 0.384 e. The summed E-state index contributed by atoms with van der Waals surface area (Å²) in [6.07, 6.45) is 5.23. The van der Waals surface area contributed by atoms with Crippen molar-refractivity contribution in [3.05, 3.63) is 18.5 Å². The number of anilines is 2. The molecule has 4 N–H and O–H groups in total. The van der Waals surface area contributed by atoms with Gasteiger partial charge in [-0.3, -0.25) is 4.79 Å². The highest BCUT2D eigenvalue weighted by atomic mass is 16.1. The number of carbonyl (C=O) groups excluding carboxylic acids is 1. The fourth-order valence-corrected chi connectivity index (χ4v) is 3.14. The number of pyridine rings is 1. The van der Waals surface area contributed by atoms with Crippen molar-refractivity contribution in [3.63, 3.8) is 0 Å². The van der Waals surface area contributed by atoms with Crippen LogP contribution in [0.25, 0.3) is 11.0 Å². The summed E-state index contributed by atoms with van der Waals surface area (Å²) in [5.41, 5.74) is 6.29. The van der Waals surface area contributed by atoms with Crippen molar-refractivity contribution in [3.8, 4) is 0 Å². The van der Waals surface area contributed by atoms with E-state index >= 15 is 0 Å². The maximum atomic E-state index is 11.7. The van der Waals surface area contributed by atoms with Crippen LogP contribution >= 0.6 is 0 Å². The average Bonchev–Trinajstić information content (AvgIpc) is 3.33. The van der Waals surface area contributed by atoms with Gasteiger partial charge in [0.05, 0.1) is 11.4 Å². The minimum absolute atomic E-state index is 0.150. The summed E-state index contributed by atoms with van der Waals surface area (Å²) in [6.45, 7) is 0. The molecule has 1 saturated heterocycles. The molecular formula is C15H18N6O. The zero-order chi connectivity index (χ0) is 15.1. The van der Waals surface area contributed by atoms with Gasteiger partial charge in [-0.05, 0) is 37.3 Å². The first-order valence-electron chi connectivity index (χ1n) is 7.64. The van der Waals surface area contributed by atoms with Gasteiger partial charge in [-0.1, -0.05) is 0 Å². The Balaban J connectivity index is 1.63. The van der Waals surface area contributed by atoms with E-state index in [-0.39, 0.29) is 18.0 Å². The number of nitrogens with zero attached hydrogens (tertiary/aromatic N) is 3. The van der Waals surface area contributed by atoms with Crippen LogP contribution in [0.5, 0.6) is 0 Å². The molecule has 2 unspecified atom stereocenters. The van der Waals surface area contributed by atoms with Crippen LogP contribution in [0, 0.1) is 5.92 Å². The number of hydrogen-bond donors (Lipinski definition) is 3. The van der Waals surface area contributed by atoms with Crippen LogP contribution in [0.15, 0.2) is 18.5 Å². The zero-order valence-corrected chi connectivity index (χ0v) is 12.1. The lowest BCUT2D eigenvalue weighted by atomic mass is 9.94. The summed E-state index contributed by atoms with van der Waals surface area (Å²) in [5.74, 6) is 1.93. The third-order valence-electron chi connectivity index (χ3n) is 4.41. The standard InChI is InChI=1S/C15H18N6O/c16-11-5-3-9-14(17-7-18-15(9)20-11)19-10-4-6-12(22)21-13(10)8-1-2-8/h3,5,7-8,10,13H,1-2,4,6H2,(H,21,22)(H3,16,17,18,19,20). The van der Waals surface area contributed by atoms with Crippen molar-refractivity contribution in [2.45, 2.75) is 37.8 Å². The van der Waals surface area contributed by atoms with Gasteiger partial charge in [0.25, 0.3) is 0 Å². The van der Waals surface area contributed by atoms with Gasteiger partial charge >= 0.3 is 0 Å². The van der Waals surface area contributed by atoms with Gasteiger partial charge in [0.1, 0.15) is 18.0 Å². The molecule has 0 bridgehead atoms. The second kappa shape index (κ2) is 5.08. The Hall–Kier alpha value is -2.44. The van der Waals surface area contributed by atoms with Crippen molar-refractivity contribution < 1.29 is 4.79 Å². The number of fused-ring (bicyclic) bond motifs is 1. The molecule has 2 fully saturated rings. The highest BCUT2D eigenvalue weighted by Gasteiger charge is 2.40. The van der Waals surface area contributed by atoms with Crippen LogP contribution in [-0.4, -0.2) is 32.9 Å². The number of hydrogen-bond acceptors (Lipinski definition) is 6. The Morgan fingerprint density at radius 1 is 1.23 bits per heavy atom. The molecule has 1 saturated carbocycles. The Morgan fingerprint density at radius 2 is 2.09 bits per heavy atom. The van der Waals surface area contributed by atoms with Crippen LogP contribution in [0.3, 0.4) is 0 Å². The molecule has 114 valence electrons. The predicted molar refractivity (Wildman–Crippen MR) is 83.0 cm³/mol. The Kier molecular flexibility index (Phi) is 3.06. The molecule has 0 aromatic carbocycles. The minimum atomic E-state index is 0.150. The number of carbonyl (C=O) groups is 1. The number of nitrogen functional groups attached to an aromatic ring is 1. The molecule has 2 aromatic heterocycles. The van der Waals surface area contributed by atoms with Crippen molar-refractivity contribution in [2.24, 2.45) is 5.92 Å². The second-order valence-electron chi connectivity index (χ2n) is 6.05. The number of amides is 1. The fraction of sp³-hybridized carbons (Fsp3) is 0.467. The van der Waals surface area contributed by atoms with E-state index in [1.54, 1.807) is 6.07 Å². The normalized spacial score (nSPS) is 25.0. The van der Waals surface area contributed by atoms with E-state index in [4.69, 9.17) is 5.73 Å². The monoisotopic (exact) mass is 298 g/mol. The molecule has 2 atom stereocenters. The van der Waals surface area contributed by atoms with E-state index < -0.39 is 0 Å². The van der Waals surface area contributed by atoms with E-state index in [0.717, 1.165) is 17.6 Å². The molecule has 0 radical (unpaired) electrons. The van der Waals surface area contributed by atoms with Crippen molar-refractivity contribution in [1.82, 2.24) is 20.3 Å². The maximum absolute atomic E-state index is 11.7. The highest BCUT2D eigenvalue weighted by Crippen LogP contribution is 2.37. The van der Waals surface area contributed by atoms with Crippen molar-refractivity contribution in [1.29, 1.82) is 0 Å². The third kappa shape index (κ3) is 2.43. The predicted octanol–water partition coefficient (Wildman–Crippen LogP) is 1.08. The molecule has 0 spiro atoms. The summed E-state index contributed by atoms with van der Waals surface area (Å²) in [5, 5.41) is 7.46. The van der Waals surface area contributed by atoms with Crippen LogP contribution in [0.2, 0.25) is 0 Å². The molecule has 2 aliphatic rings. The summed E-state index contributed by atoms with van der Waals surface area (Å²) < 4.78 is 0. The van der Waals surface area contributed by atoms with Crippen molar-refractivity contribution >= 4 is 28.6 Å². The van der Waals surface area contributed by atoms with Gasteiger partial charge in [-0.2, -0.15) is 0 Å². The first-order chi connectivity index (χ1) is 10.7. The molecule has 1 aliphatic heterocycles. The van der Waals surface area contributed by atoms with Gasteiger partial charge in [0.15, 0.2) is 5.65 Å². The fourth-order valence-electron chi connectivity index (χ4n) is 3.14. The summed E-state index contributed by atoms with van der Waals surface area (Å²) in [7, 11) is 0. The molecule has 22 heavy (non-hydrogen) atoms. The van der Waals surface area contributed by atoms with E-state index in [9.17, 15) is 4.79 Å². The lowest BCUT2D eigenvalue weighted by Gasteiger charge is -2.33. The molecule has 2 aromatic rings. The van der Waals surface area contributed by atoms with Crippen LogP contribution in [0.1, 0.15) is 25.7 Å². The van der Waals surface area contributed by atoms with Gasteiger partial charge in [-0.15, -0.1) is 0 Å². The number of rotatable bonds is 3. The van der Waals surface area contributed by atoms with Gasteiger partial charge < -0.3 is 16.4 Å². The summed E-state index contributed by atoms with van der Waals surface area (Å²) >= 11 is 0. The van der Waals surface area contributed by atoms with Gasteiger partial charge in [0.2, 0.25) is 5.91 Å². The number of nitrogens with one attached hydrogen (secondary N) is 2. The minimum Gasteiger partial charge on any atom is -0.384 e. The van der Waals surface area contributed by atoms with Gasteiger partial charge in [0, 0.05) is 12.5 Å². The topological polar surface area (TPSA) is 106 Å². The zero-order valence-electron chi connectivity index (χ0n) is 12.1. The molecule has 1 aliphatic carbocycles. The highest BCUT2D eigenvalue weighted by molar-refractivity contribution is 5.87. The van der Waals surface area contributed by atoms with E-state index in [0.29, 0.717) is 23.8 Å². The first kappa shape index (κ1) is 13.2. The smallest absolute Gasteiger partial charge is 0.220 e. The molecule has 4 rings (SSSR count). The van der Waals surface area contributed by atoms with E-state index in [2.05, 4.69) is 25.6 Å². The second-order valence-corrected chi connectivity index (χ2v) is 6.05. The summed E-state index contributed by atoms with van der Waals surface area (Å²) in [6, 6.07) is 4.01. The lowest BCUT2D eigenvalue weighted by Crippen LogP contribution is -2.52. The Morgan fingerprint density at radius 3 is 2.91 bits per heavy atom. The molecule has 1 amide bonds. The Labute approximate surface area is 127 Å². The molecular weight excluding hydrogens is 280 g/mol.